The van der Waals surface area contributed by atoms with E-state index in [1.165, 1.54) is 37.3 Å². The highest BCUT2D eigenvalue weighted by molar-refractivity contribution is 5.52. The molecular weight excluding hydrogens is 344 g/mol. The van der Waals surface area contributed by atoms with Gasteiger partial charge in [-0.3, -0.25) is 0 Å². The number of hydrogen-bond donors (Lipinski definition) is 1. The molecule has 1 N–H and O–H groups in total. The number of methoxy groups -OCH3 is 1. The summed E-state index contributed by atoms with van der Waals surface area (Å²) in [6.45, 7) is 17.3. The minimum Gasteiger partial charge on any atom is -0.497 e. The Hall–Kier alpha value is -1.92. The van der Waals surface area contributed by atoms with Gasteiger partial charge in [-0.1, -0.05) is 47.6 Å². The van der Waals surface area contributed by atoms with Gasteiger partial charge in [-0.2, -0.15) is 0 Å². The van der Waals surface area contributed by atoms with Crippen molar-refractivity contribution in [3.63, 3.8) is 0 Å². The van der Waals surface area contributed by atoms with E-state index in [1.54, 1.807) is 7.11 Å². The zero-order valence-electron chi connectivity index (χ0n) is 20.0. The topological polar surface area (TPSA) is 24.5 Å². The van der Waals surface area contributed by atoms with E-state index in [0.717, 1.165) is 18.1 Å². The first-order chi connectivity index (χ1) is 13.5. The molecule has 28 heavy (non-hydrogen) atoms. The summed E-state index contributed by atoms with van der Waals surface area (Å²) < 4.78 is 5.12. The lowest BCUT2D eigenvalue weighted by Gasteiger charge is -2.20. The van der Waals surface area contributed by atoms with Gasteiger partial charge >= 0.3 is 0 Å². The molecule has 0 saturated carbocycles. The molecule has 0 atom stereocenters. The summed E-state index contributed by atoms with van der Waals surface area (Å²) in [6.07, 6.45) is 13.8. The molecule has 0 aliphatic carbocycles. The van der Waals surface area contributed by atoms with Crippen LogP contribution in [0.3, 0.4) is 0 Å². The van der Waals surface area contributed by atoms with Crippen LogP contribution in [0.25, 0.3) is 0 Å². The maximum atomic E-state index is 5.12. The third-order valence-electron chi connectivity index (χ3n) is 3.81. The van der Waals surface area contributed by atoms with E-state index in [0.29, 0.717) is 0 Å². The highest BCUT2D eigenvalue weighted by Gasteiger charge is 2.01. The molecule has 0 heterocycles. The van der Waals surface area contributed by atoms with Crippen LogP contribution in [0.15, 0.2) is 36.0 Å². The second-order valence-corrected chi connectivity index (χ2v) is 6.44. The van der Waals surface area contributed by atoms with E-state index in [4.69, 9.17) is 4.74 Å². The van der Waals surface area contributed by atoms with E-state index in [-0.39, 0.29) is 0 Å². The first-order valence-electron chi connectivity index (χ1n) is 10.5. The summed E-state index contributed by atoms with van der Waals surface area (Å²) in [6, 6.07) is 8.08. The summed E-state index contributed by atoms with van der Waals surface area (Å²) in [5.74, 6) is 1.73. The van der Waals surface area contributed by atoms with Crippen molar-refractivity contribution >= 4 is 5.69 Å². The molecule has 0 amide bonds. The molecule has 0 spiro atoms. The van der Waals surface area contributed by atoms with E-state index in [2.05, 4.69) is 82.9 Å². The van der Waals surface area contributed by atoms with Gasteiger partial charge in [0.2, 0.25) is 0 Å². The van der Waals surface area contributed by atoms with Gasteiger partial charge in [0.1, 0.15) is 5.75 Å². The molecule has 0 aliphatic rings. The number of allylic oxidation sites excluding steroid dienone is 2. The Morgan fingerprint density at radius 3 is 2.04 bits per heavy atom. The first-order valence-corrected chi connectivity index (χ1v) is 10.5. The van der Waals surface area contributed by atoms with Gasteiger partial charge in [0.05, 0.1) is 7.11 Å². The molecule has 1 aromatic carbocycles. The van der Waals surface area contributed by atoms with Gasteiger partial charge in [-0.05, 0) is 69.5 Å². The van der Waals surface area contributed by atoms with Gasteiger partial charge in [0.25, 0.3) is 0 Å². The number of benzene rings is 1. The van der Waals surface area contributed by atoms with Crippen molar-refractivity contribution < 1.29 is 4.74 Å². The molecule has 0 unspecified atom stereocenters. The number of rotatable bonds is 9. The molecule has 0 aromatic heterocycles. The van der Waals surface area contributed by atoms with Crippen molar-refractivity contribution in [2.75, 3.05) is 32.1 Å². The van der Waals surface area contributed by atoms with Crippen LogP contribution in [0.2, 0.25) is 0 Å². The van der Waals surface area contributed by atoms with Gasteiger partial charge in [0, 0.05) is 18.4 Å². The van der Waals surface area contributed by atoms with Crippen molar-refractivity contribution in [2.24, 2.45) is 5.92 Å². The molecule has 1 rings (SSSR count). The zero-order valence-corrected chi connectivity index (χ0v) is 20.0. The third kappa shape index (κ3) is 17.5. The van der Waals surface area contributed by atoms with Crippen molar-refractivity contribution in [3.05, 3.63) is 36.0 Å². The van der Waals surface area contributed by atoms with Crippen molar-refractivity contribution in [1.29, 1.82) is 0 Å². The van der Waals surface area contributed by atoms with Crippen LogP contribution >= 0.6 is 0 Å². The van der Waals surface area contributed by atoms with Gasteiger partial charge in [-0.15, -0.1) is 12.8 Å². The molecule has 0 aliphatic heterocycles. The average Bonchev–Trinajstić information content (AvgIpc) is 2.74. The van der Waals surface area contributed by atoms with Crippen LogP contribution in [-0.2, 0) is 0 Å². The van der Waals surface area contributed by atoms with Gasteiger partial charge < -0.3 is 15.0 Å². The van der Waals surface area contributed by atoms with E-state index in [1.807, 2.05) is 26.0 Å². The van der Waals surface area contributed by atoms with E-state index in [9.17, 15) is 0 Å². The lowest BCUT2D eigenvalue weighted by molar-refractivity contribution is 0.415. The number of anilines is 1. The number of nitrogens with zero attached hydrogens (tertiary/aromatic N) is 1. The van der Waals surface area contributed by atoms with Crippen LogP contribution < -0.4 is 15.0 Å². The average molecular weight is 391 g/mol. The van der Waals surface area contributed by atoms with Gasteiger partial charge in [-0.25, -0.2) is 0 Å². The maximum Gasteiger partial charge on any atom is 0.119 e. The van der Waals surface area contributed by atoms with Crippen molar-refractivity contribution in [1.82, 2.24) is 5.32 Å². The molecule has 0 fully saturated rings. The Balaban J connectivity index is -0.000000413. The fourth-order valence-corrected chi connectivity index (χ4v) is 2.13. The lowest BCUT2D eigenvalue weighted by atomic mass is 10.1. The van der Waals surface area contributed by atoms with Crippen molar-refractivity contribution in [2.45, 2.75) is 67.7 Å². The maximum absolute atomic E-state index is 5.12. The van der Waals surface area contributed by atoms with E-state index < -0.39 is 0 Å². The third-order valence-corrected chi connectivity index (χ3v) is 3.81. The number of terminal acetylenes is 1. The van der Waals surface area contributed by atoms with Crippen LogP contribution in [0, 0.1) is 18.8 Å². The molecule has 0 bridgehead atoms. The quantitative estimate of drug-likeness (QED) is 0.373. The second-order valence-electron chi connectivity index (χ2n) is 6.44. The summed E-state index contributed by atoms with van der Waals surface area (Å²) >= 11 is 0. The Bertz CT molecular complexity index is 475. The Morgan fingerprint density at radius 2 is 1.64 bits per heavy atom. The molecule has 3 heteroatoms. The predicted molar refractivity (Wildman–Crippen MR) is 129 cm³/mol. The number of hydrogen-bond acceptors (Lipinski definition) is 3. The number of nitrogens with one attached hydrogen (secondary N) is 1. The molecule has 0 saturated heterocycles. The highest BCUT2D eigenvalue weighted by Crippen LogP contribution is 2.20. The normalized spacial score (nSPS) is 9.79. The Morgan fingerprint density at radius 1 is 1.11 bits per heavy atom. The Labute approximate surface area is 176 Å². The molecule has 162 valence electrons. The fraction of sp³-hybridized carbons (Fsp3) is 0.600. The number of ether oxygens (including phenoxy) is 1. The minimum atomic E-state index is 0.842. The molecule has 1 aromatic rings. The molecule has 3 nitrogen and oxygen atoms in total. The first kappa shape index (κ1) is 30.8. The lowest BCUT2D eigenvalue weighted by Crippen LogP contribution is -2.17. The SMILES string of the molecule is C#C.CC.CC/C=C(/C)N(C)c1ccc(OC)cc1.CCCNCCC(C)C. The summed E-state index contributed by atoms with van der Waals surface area (Å²) in [5, 5.41) is 3.37. The summed E-state index contributed by atoms with van der Waals surface area (Å²) in [4.78, 5) is 2.17. The van der Waals surface area contributed by atoms with Crippen LogP contribution in [0.4, 0.5) is 5.69 Å². The summed E-state index contributed by atoms with van der Waals surface area (Å²) in [7, 11) is 3.75. The van der Waals surface area contributed by atoms with Crippen LogP contribution in [-0.4, -0.2) is 27.2 Å². The molecular formula is C25H46N2O. The second kappa shape index (κ2) is 23.1. The van der Waals surface area contributed by atoms with Gasteiger partial charge in [0.15, 0.2) is 0 Å². The van der Waals surface area contributed by atoms with Crippen molar-refractivity contribution in [3.8, 4) is 18.6 Å². The van der Waals surface area contributed by atoms with Crippen LogP contribution in [0.5, 0.6) is 5.75 Å². The monoisotopic (exact) mass is 390 g/mol. The predicted octanol–water partition coefficient (Wildman–Crippen LogP) is 6.75. The largest absolute Gasteiger partial charge is 0.497 e. The minimum absolute atomic E-state index is 0.842. The molecule has 0 radical (unpaired) electrons. The standard InChI is InChI=1S/C13H19NO.C8H19N.C2H6.C2H2/c1-5-6-11(2)14(3)12-7-9-13(15-4)10-8-12;1-4-6-9-7-5-8(2)3;2*1-2/h6-10H,5H2,1-4H3;8-9H,4-7H2,1-3H3;1-2H3;1-2H/b11-6-;;;. The Kier molecular flexibility index (Phi) is 25.4. The smallest absolute Gasteiger partial charge is 0.119 e. The summed E-state index contributed by atoms with van der Waals surface area (Å²) in [5.41, 5.74) is 2.45. The zero-order chi connectivity index (χ0) is 22.4. The fourth-order valence-electron chi connectivity index (χ4n) is 2.13. The highest BCUT2D eigenvalue weighted by atomic mass is 16.5. The van der Waals surface area contributed by atoms with Crippen LogP contribution in [0.1, 0.15) is 67.7 Å². The van der Waals surface area contributed by atoms with E-state index >= 15 is 0 Å².